The van der Waals surface area contributed by atoms with Crippen LogP contribution in [-0.2, 0) is 9.47 Å². The van der Waals surface area contributed by atoms with Gasteiger partial charge in [0.05, 0.1) is 29.9 Å². The molecule has 1 N–H and O–H groups in total. The Hall–Kier alpha value is -2.40. The smallest absolute Gasteiger partial charge is 0.152 e. The van der Waals surface area contributed by atoms with E-state index in [-0.39, 0.29) is 6.10 Å². The summed E-state index contributed by atoms with van der Waals surface area (Å²) in [7, 11) is 3.36. The maximum absolute atomic E-state index is 5.42. The van der Waals surface area contributed by atoms with Gasteiger partial charge in [-0.05, 0) is 31.2 Å². The molecule has 1 unspecified atom stereocenters. The van der Waals surface area contributed by atoms with Crippen LogP contribution in [0.25, 0.3) is 11.0 Å². The van der Waals surface area contributed by atoms with E-state index >= 15 is 0 Å². The fraction of sp³-hybridized carbons (Fsp3) is 0.294. The number of aryl methyl sites for hydroxylation is 1. The largest absolute Gasteiger partial charge is 0.501 e. The molecule has 0 amide bonds. The fourth-order valence-electron chi connectivity index (χ4n) is 2.45. The van der Waals surface area contributed by atoms with Gasteiger partial charge in [-0.2, -0.15) is 0 Å². The summed E-state index contributed by atoms with van der Waals surface area (Å²) < 4.78 is 10.8. The van der Waals surface area contributed by atoms with Gasteiger partial charge in [0.1, 0.15) is 5.76 Å². The highest BCUT2D eigenvalue weighted by Crippen LogP contribution is 2.23. The highest BCUT2D eigenvalue weighted by Gasteiger charge is 2.16. The van der Waals surface area contributed by atoms with E-state index in [1.54, 1.807) is 14.2 Å². The van der Waals surface area contributed by atoms with E-state index < -0.39 is 0 Å². The second-order valence-electron chi connectivity index (χ2n) is 5.19. The standard InChI is InChI=1S/C17H19N3O2/c1-11-17(20-16-7-5-4-6-15(16)18-11)19-12-8-13(21-2)10-14(9-12)22-3/h4-9,13H,10H2,1-3H3,(H,19,20). The van der Waals surface area contributed by atoms with Crippen LogP contribution in [0.5, 0.6) is 0 Å². The molecule has 1 aromatic heterocycles. The summed E-state index contributed by atoms with van der Waals surface area (Å²) in [6, 6.07) is 7.84. The number of hydrogen-bond acceptors (Lipinski definition) is 5. The number of fused-ring (bicyclic) bond motifs is 1. The van der Waals surface area contributed by atoms with Crippen molar-refractivity contribution >= 4 is 16.9 Å². The molecule has 114 valence electrons. The van der Waals surface area contributed by atoms with Crippen LogP contribution in [0.4, 0.5) is 5.82 Å². The second kappa shape index (κ2) is 6.15. The van der Waals surface area contributed by atoms with Crippen LogP contribution in [0.1, 0.15) is 12.1 Å². The van der Waals surface area contributed by atoms with Crippen LogP contribution in [0.3, 0.4) is 0 Å². The Morgan fingerprint density at radius 3 is 2.55 bits per heavy atom. The lowest BCUT2D eigenvalue weighted by atomic mass is 10.1. The van der Waals surface area contributed by atoms with Gasteiger partial charge in [0, 0.05) is 19.2 Å². The van der Waals surface area contributed by atoms with Crippen molar-refractivity contribution in [3.63, 3.8) is 0 Å². The van der Waals surface area contributed by atoms with E-state index in [0.29, 0.717) is 0 Å². The lowest BCUT2D eigenvalue weighted by molar-refractivity contribution is 0.120. The summed E-state index contributed by atoms with van der Waals surface area (Å²) in [5, 5.41) is 3.32. The molecule has 0 radical (unpaired) electrons. The van der Waals surface area contributed by atoms with E-state index in [9.17, 15) is 0 Å². The van der Waals surface area contributed by atoms with Gasteiger partial charge >= 0.3 is 0 Å². The van der Waals surface area contributed by atoms with Crippen LogP contribution < -0.4 is 5.32 Å². The molecular formula is C17H19N3O2. The molecule has 2 aromatic rings. The molecule has 1 heterocycles. The number of methoxy groups -OCH3 is 2. The molecule has 0 spiro atoms. The van der Waals surface area contributed by atoms with Gasteiger partial charge in [0.2, 0.25) is 0 Å². The predicted octanol–water partition coefficient (Wildman–Crippen LogP) is 3.18. The summed E-state index contributed by atoms with van der Waals surface area (Å²) in [6.07, 6.45) is 4.72. The van der Waals surface area contributed by atoms with E-state index in [4.69, 9.17) is 9.47 Å². The van der Waals surface area contributed by atoms with Crippen molar-refractivity contribution in [3.8, 4) is 0 Å². The van der Waals surface area contributed by atoms with E-state index in [1.807, 2.05) is 43.3 Å². The first-order valence-electron chi connectivity index (χ1n) is 7.19. The van der Waals surface area contributed by atoms with Gasteiger partial charge in [-0.15, -0.1) is 0 Å². The molecule has 1 aliphatic carbocycles. The predicted molar refractivity (Wildman–Crippen MR) is 86.5 cm³/mol. The third-order valence-electron chi connectivity index (χ3n) is 3.66. The minimum absolute atomic E-state index is 0.00354. The number of benzene rings is 1. The van der Waals surface area contributed by atoms with Crippen molar-refractivity contribution < 1.29 is 9.47 Å². The number of ether oxygens (including phenoxy) is 2. The van der Waals surface area contributed by atoms with Gasteiger partial charge in [-0.25, -0.2) is 9.97 Å². The minimum atomic E-state index is -0.00354. The lowest BCUT2D eigenvalue weighted by Crippen LogP contribution is -2.17. The Morgan fingerprint density at radius 2 is 1.86 bits per heavy atom. The molecule has 0 bridgehead atoms. The molecular weight excluding hydrogens is 278 g/mol. The summed E-state index contributed by atoms with van der Waals surface area (Å²) >= 11 is 0. The number of aromatic nitrogens is 2. The maximum Gasteiger partial charge on any atom is 0.152 e. The Bertz CT molecular complexity index is 753. The van der Waals surface area contributed by atoms with Crippen LogP contribution in [-0.4, -0.2) is 30.3 Å². The van der Waals surface area contributed by atoms with Crippen molar-refractivity contribution in [2.75, 3.05) is 19.5 Å². The first-order chi connectivity index (χ1) is 10.7. The number of hydrogen-bond donors (Lipinski definition) is 1. The molecule has 5 nitrogen and oxygen atoms in total. The molecule has 0 aliphatic heterocycles. The third kappa shape index (κ3) is 2.94. The zero-order valence-corrected chi connectivity index (χ0v) is 13.0. The third-order valence-corrected chi connectivity index (χ3v) is 3.66. The van der Waals surface area contributed by atoms with Gasteiger partial charge in [-0.1, -0.05) is 12.1 Å². The summed E-state index contributed by atoms with van der Waals surface area (Å²) in [5.41, 5.74) is 3.52. The van der Waals surface area contributed by atoms with Crippen LogP contribution in [0.2, 0.25) is 0 Å². The summed E-state index contributed by atoms with van der Waals surface area (Å²) in [4.78, 5) is 9.23. The first-order valence-corrected chi connectivity index (χ1v) is 7.19. The van der Waals surface area contributed by atoms with Crippen molar-refractivity contribution in [1.82, 2.24) is 9.97 Å². The van der Waals surface area contributed by atoms with Crippen molar-refractivity contribution in [3.05, 3.63) is 53.6 Å². The molecule has 3 rings (SSSR count). The zero-order chi connectivity index (χ0) is 15.5. The summed E-state index contributed by atoms with van der Waals surface area (Å²) in [6.45, 7) is 1.94. The average Bonchev–Trinajstić information content (AvgIpc) is 2.55. The van der Waals surface area contributed by atoms with E-state index in [0.717, 1.165) is 40.4 Å². The van der Waals surface area contributed by atoms with Crippen molar-refractivity contribution in [2.45, 2.75) is 19.4 Å². The Balaban J connectivity index is 1.93. The molecule has 0 saturated carbocycles. The van der Waals surface area contributed by atoms with Gasteiger partial charge < -0.3 is 14.8 Å². The van der Waals surface area contributed by atoms with Gasteiger partial charge in [-0.3, -0.25) is 0 Å². The van der Waals surface area contributed by atoms with Crippen LogP contribution in [0, 0.1) is 6.92 Å². The van der Waals surface area contributed by atoms with Crippen molar-refractivity contribution in [2.24, 2.45) is 0 Å². The highest BCUT2D eigenvalue weighted by atomic mass is 16.5. The zero-order valence-electron chi connectivity index (χ0n) is 13.0. The van der Waals surface area contributed by atoms with Crippen LogP contribution >= 0.6 is 0 Å². The van der Waals surface area contributed by atoms with Gasteiger partial charge in [0.15, 0.2) is 5.82 Å². The molecule has 1 aliphatic rings. The number of anilines is 1. The number of rotatable bonds is 4. The Labute approximate surface area is 129 Å². The van der Waals surface area contributed by atoms with Crippen LogP contribution in [0.15, 0.2) is 47.9 Å². The highest BCUT2D eigenvalue weighted by molar-refractivity contribution is 5.76. The quantitative estimate of drug-likeness (QED) is 0.939. The minimum Gasteiger partial charge on any atom is -0.501 e. The lowest BCUT2D eigenvalue weighted by Gasteiger charge is -2.21. The second-order valence-corrected chi connectivity index (χ2v) is 5.19. The normalized spacial score (nSPS) is 17.9. The Kier molecular flexibility index (Phi) is 4.06. The monoisotopic (exact) mass is 297 g/mol. The molecule has 22 heavy (non-hydrogen) atoms. The number of para-hydroxylation sites is 2. The summed E-state index contributed by atoms with van der Waals surface area (Å²) in [5.74, 6) is 1.62. The number of nitrogens with zero attached hydrogens (tertiary/aromatic N) is 2. The average molecular weight is 297 g/mol. The molecule has 0 fully saturated rings. The molecule has 5 heteroatoms. The maximum atomic E-state index is 5.42. The molecule has 1 atom stereocenters. The number of nitrogens with one attached hydrogen (secondary N) is 1. The number of allylic oxidation sites excluding steroid dienone is 1. The molecule has 0 saturated heterocycles. The SMILES string of the molecule is COC1=CC(Nc2nc3ccccc3nc2C)=CC(OC)C1. The van der Waals surface area contributed by atoms with Crippen molar-refractivity contribution in [1.29, 1.82) is 0 Å². The van der Waals surface area contributed by atoms with E-state index in [2.05, 4.69) is 15.3 Å². The fourth-order valence-corrected chi connectivity index (χ4v) is 2.45. The van der Waals surface area contributed by atoms with E-state index in [1.165, 1.54) is 0 Å². The van der Waals surface area contributed by atoms with Gasteiger partial charge in [0.25, 0.3) is 0 Å². The Morgan fingerprint density at radius 1 is 1.14 bits per heavy atom. The first kappa shape index (κ1) is 14.5. The molecule has 1 aromatic carbocycles. The topological polar surface area (TPSA) is 56.3 Å².